The summed E-state index contributed by atoms with van der Waals surface area (Å²) in [4.78, 5) is 3.36. The van der Waals surface area contributed by atoms with E-state index in [1.54, 1.807) is 0 Å². The van der Waals surface area contributed by atoms with Crippen LogP contribution >= 0.6 is 0 Å². The highest BCUT2D eigenvalue weighted by Crippen LogP contribution is 2.17. The molecule has 3 N–H and O–H groups in total. The molecule has 1 aliphatic heterocycles. The van der Waals surface area contributed by atoms with Gasteiger partial charge in [-0.25, -0.2) is 0 Å². The lowest BCUT2D eigenvalue weighted by Crippen LogP contribution is -2.39. The molecular weight excluding hydrogens is 222 g/mol. The summed E-state index contributed by atoms with van der Waals surface area (Å²) in [6, 6.07) is 9.57. The number of aromatic nitrogens is 1. The predicted molar refractivity (Wildman–Crippen MR) is 75.8 cm³/mol. The fourth-order valence-electron chi connectivity index (χ4n) is 2.73. The number of hydrogen-bond acceptors (Lipinski definition) is 2. The van der Waals surface area contributed by atoms with Gasteiger partial charge in [-0.2, -0.15) is 0 Å². The lowest BCUT2D eigenvalue weighted by Gasteiger charge is -2.23. The van der Waals surface area contributed by atoms with Gasteiger partial charge in [0.05, 0.1) is 0 Å². The Morgan fingerprint density at radius 2 is 2.06 bits per heavy atom. The van der Waals surface area contributed by atoms with Crippen LogP contribution < -0.4 is 10.6 Å². The van der Waals surface area contributed by atoms with Gasteiger partial charge in [0, 0.05) is 23.8 Å². The Kier molecular flexibility index (Phi) is 3.35. The van der Waals surface area contributed by atoms with Crippen molar-refractivity contribution in [3.05, 3.63) is 35.5 Å². The molecule has 0 unspecified atom stereocenters. The van der Waals surface area contributed by atoms with Crippen LogP contribution in [0.5, 0.6) is 0 Å². The molecule has 1 aromatic carbocycles. The van der Waals surface area contributed by atoms with Crippen molar-refractivity contribution in [2.45, 2.75) is 32.4 Å². The zero-order valence-electron chi connectivity index (χ0n) is 10.9. The molecule has 1 fully saturated rings. The number of aromatic amines is 1. The average Bonchev–Trinajstić information content (AvgIpc) is 2.77. The first-order valence-corrected chi connectivity index (χ1v) is 6.83. The van der Waals surface area contributed by atoms with Gasteiger partial charge in [-0.1, -0.05) is 6.07 Å². The molecular formula is C15H21N3. The summed E-state index contributed by atoms with van der Waals surface area (Å²) in [5, 5.41) is 8.37. The fraction of sp³-hybridized carbons (Fsp3) is 0.467. The minimum absolute atomic E-state index is 0.676. The molecule has 3 rings (SSSR count). The van der Waals surface area contributed by atoms with Crippen molar-refractivity contribution in [3.63, 3.8) is 0 Å². The Morgan fingerprint density at radius 3 is 2.89 bits per heavy atom. The number of hydrogen-bond donors (Lipinski definition) is 3. The topological polar surface area (TPSA) is 39.8 Å². The van der Waals surface area contributed by atoms with Crippen molar-refractivity contribution >= 4 is 10.9 Å². The van der Waals surface area contributed by atoms with E-state index in [4.69, 9.17) is 0 Å². The third-order valence-electron chi connectivity index (χ3n) is 3.75. The Morgan fingerprint density at radius 1 is 1.22 bits per heavy atom. The quantitative estimate of drug-likeness (QED) is 0.774. The number of benzene rings is 1. The van der Waals surface area contributed by atoms with Gasteiger partial charge in [0.25, 0.3) is 0 Å². The van der Waals surface area contributed by atoms with Gasteiger partial charge in [-0.05, 0) is 62.0 Å². The second kappa shape index (κ2) is 5.12. The van der Waals surface area contributed by atoms with E-state index in [0.29, 0.717) is 6.04 Å². The maximum Gasteiger partial charge on any atom is 0.0456 e. The summed E-state index contributed by atoms with van der Waals surface area (Å²) in [6.45, 7) is 5.37. The van der Waals surface area contributed by atoms with Crippen LogP contribution in [-0.2, 0) is 6.54 Å². The maximum atomic E-state index is 3.66. The molecule has 0 radical (unpaired) electrons. The van der Waals surface area contributed by atoms with E-state index in [2.05, 4.69) is 46.8 Å². The summed E-state index contributed by atoms with van der Waals surface area (Å²) in [5.41, 5.74) is 3.84. The first kappa shape index (κ1) is 11.8. The van der Waals surface area contributed by atoms with Crippen LogP contribution in [0.2, 0.25) is 0 Å². The summed E-state index contributed by atoms with van der Waals surface area (Å²) >= 11 is 0. The Bertz CT molecular complexity index is 524. The van der Waals surface area contributed by atoms with Crippen molar-refractivity contribution in [2.24, 2.45) is 0 Å². The highest BCUT2D eigenvalue weighted by atomic mass is 15.0. The summed E-state index contributed by atoms with van der Waals surface area (Å²) in [6.07, 6.45) is 2.48. The molecule has 3 nitrogen and oxygen atoms in total. The van der Waals surface area contributed by atoms with Crippen LogP contribution in [0.3, 0.4) is 0 Å². The summed E-state index contributed by atoms with van der Waals surface area (Å²) in [7, 11) is 0. The molecule has 2 aromatic rings. The van der Waals surface area contributed by atoms with Crippen molar-refractivity contribution in [1.29, 1.82) is 0 Å². The van der Waals surface area contributed by atoms with E-state index < -0.39 is 0 Å². The lowest BCUT2D eigenvalue weighted by molar-refractivity contribution is 0.386. The highest BCUT2D eigenvalue weighted by Gasteiger charge is 2.11. The number of rotatable bonds is 3. The van der Waals surface area contributed by atoms with Crippen LogP contribution in [0.15, 0.2) is 24.3 Å². The largest absolute Gasteiger partial charge is 0.359 e. The summed E-state index contributed by atoms with van der Waals surface area (Å²) in [5.74, 6) is 0. The molecule has 0 amide bonds. The van der Waals surface area contributed by atoms with Gasteiger partial charge >= 0.3 is 0 Å². The normalized spacial score (nSPS) is 17.4. The maximum absolute atomic E-state index is 3.66. The SMILES string of the molecule is Cc1cc2cc(CNC3CCNCC3)ccc2[nH]1. The van der Waals surface area contributed by atoms with Gasteiger partial charge in [0.15, 0.2) is 0 Å². The molecule has 3 heteroatoms. The Hall–Kier alpha value is -1.32. The predicted octanol–water partition coefficient (Wildman–Crippen LogP) is 2.32. The Balaban J connectivity index is 1.66. The number of nitrogens with one attached hydrogen (secondary N) is 3. The smallest absolute Gasteiger partial charge is 0.0456 e. The van der Waals surface area contributed by atoms with E-state index in [-0.39, 0.29) is 0 Å². The van der Waals surface area contributed by atoms with Gasteiger partial charge < -0.3 is 15.6 Å². The van der Waals surface area contributed by atoms with E-state index in [1.807, 2.05) is 0 Å². The first-order valence-electron chi connectivity index (χ1n) is 6.83. The van der Waals surface area contributed by atoms with E-state index in [9.17, 15) is 0 Å². The zero-order valence-corrected chi connectivity index (χ0v) is 10.9. The lowest BCUT2D eigenvalue weighted by atomic mass is 10.1. The third kappa shape index (κ3) is 2.57. The molecule has 1 aromatic heterocycles. The van der Waals surface area contributed by atoms with E-state index in [1.165, 1.54) is 35.0 Å². The van der Waals surface area contributed by atoms with Crippen molar-refractivity contribution in [2.75, 3.05) is 13.1 Å². The number of fused-ring (bicyclic) bond motifs is 1. The van der Waals surface area contributed by atoms with Crippen LogP contribution in [0.1, 0.15) is 24.1 Å². The molecule has 1 aliphatic rings. The minimum atomic E-state index is 0.676. The highest BCUT2D eigenvalue weighted by molar-refractivity contribution is 5.81. The molecule has 2 heterocycles. The van der Waals surface area contributed by atoms with E-state index >= 15 is 0 Å². The first-order chi connectivity index (χ1) is 8.81. The van der Waals surface area contributed by atoms with Crippen molar-refractivity contribution in [1.82, 2.24) is 15.6 Å². The van der Waals surface area contributed by atoms with Gasteiger partial charge in [-0.3, -0.25) is 0 Å². The van der Waals surface area contributed by atoms with Crippen molar-refractivity contribution in [3.8, 4) is 0 Å². The third-order valence-corrected chi connectivity index (χ3v) is 3.75. The van der Waals surface area contributed by atoms with Crippen LogP contribution in [0, 0.1) is 6.92 Å². The molecule has 0 spiro atoms. The Labute approximate surface area is 108 Å². The molecule has 96 valence electrons. The van der Waals surface area contributed by atoms with Crippen LogP contribution in [0.25, 0.3) is 10.9 Å². The minimum Gasteiger partial charge on any atom is -0.359 e. The molecule has 0 aliphatic carbocycles. The van der Waals surface area contributed by atoms with Gasteiger partial charge in [0.1, 0.15) is 0 Å². The molecule has 0 atom stereocenters. The van der Waals surface area contributed by atoms with Crippen LogP contribution in [-0.4, -0.2) is 24.1 Å². The molecule has 18 heavy (non-hydrogen) atoms. The number of piperidine rings is 1. The van der Waals surface area contributed by atoms with Crippen molar-refractivity contribution < 1.29 is 0 Å². The second-order valence-corrected chi connectivity index (χ2v) is 5.28. The number of H-pyrrole nitrogens is 1. The van der Waals surface area contributed by atoms with Gasteiger partial charge in [-0.15, -0.1) is 0 Å². The van der Waals surface area contributed by atoms with E-state index in [0.717, 1.165) is 19.6 Å². The fourth-order valence-corrected chi connectivity index (χ4v) is 2.73. The molecule has 0 saturated carbocycles. The average molecular weight is 243 g/mol. The van der Waals surface area contributed by atoms with Gasteiger partial charge in [0.2, 0.25) is 0 Å². The summed E-state index contributed by atoms with van der Waals surface area (Å²) < 4.78 is 0. The standard InChI is InChI=1S/C15H21N3/c1-11-8-13-9-12(2-3-15(13)18-11)10-17-14-4-6-16-7-5-14/h2-3,8-9,14,16-18H,4-7,10H2,1H3. The second-order valence-electron chi connectivity index (χ2n) is 5.28. The monoisotopic (exact) mass is 243 g/mol. The molecule has 1 saturated heterocycles. The zero-order chi connectivity index (χ0) is 12.4. The number of aryl methyl sites for hydroxylation is 1. The van der Waals surface area contributed by atoms with Crippen LogP contribution in [0.4, 0.5) is 0 Å². The molecule has 0 bridgehead atoms.